The van der Waals surface area contributed by atoms with Crippen LogP contribution >= 0.6 is 0 Å². The number of aryl methyl sites for hydroxylation is 1. The van der Waals surface area contributed by atoms with Crippen LogP contribution in [-0.4, -0.2) is 60.8 Å². The number of hydrogen-bond donors (Lipinski definition) is 0. The summed E-state index contributed by atoms with van der Waals surface area (Å²) in [6, 6.07) is 11.7. The molecule has 0 radical (unpaired) electrons. The number of ether oxygens (including phenoxy) is 1. The third-order valence-electron chi connectivity index (χ3n) is 5.00. The lowest BCUT2D eigenvalue weighted by Crippen LogP contribution is -2.28. The first-order chi connectivity index (χ1) is 14.7. The Hall–Kier alpha value is -2.91. The molecule has 0 spiro atoms. The van der Waals surface area contributed by atoms with Crippen LogP contribution in [0.4, 0.5) is 0 Å². The largest absolute Gasteiger partial charge is 0.494 e. The lowest BCUT2D eigenvalue weighted by molar-refractivity contribution is 0.0827. The van der Waals surface area contributed by atoms with Crippen LogP contribution in [0.1, 0.15) is 30.0 Å². The van der Waals surface area contributed by atoms with E-state index in [1.165, 1.54) is 16.3 Å². The third-order valence-corrected chi connectivity index (χ3v) is 6.82. The first-order valence-electron chi connectivity index (χ1n) is 10.1. The topological polar surface area (TPSA) is 84.7 Å². The highest BCUT2D eigenvalue weighted by atomic mass is 32.2. The summed E-state index contributed by atoms with van der Waals surface area (Å²) in [6.45, 7) is 5.10. The van der Waals surface area contributed by atoms with Crippen LogP contribution in [0, 0.1) is 0 Å². The smallest absolute Gasteiger partial charge is 0.253 e. The molecule has 0 aliphatic carbocycles. The van der Waals surface area contributed by atoms with Gasteiger partial charge in [0.15, 0.2) is 0 Å². The van der Waals surface area contributed by atoms with Gasteiger partial charge >= 0.3 is 0 Å². The van der Waals surface area contributed by atoms with E-state index < -0.39 is 10.0 Å². The van der Waals surface area contributed by atoms with E-state index in [0.717, 1.165) is 5.52 Å². The molecule has 3 rings (SSSR count). The zero-order valence-electron chi connectivity index (χ0n) is 18.5. The highest BCUT2D eigenvalue weighted by Crippen LogP contribution is 2.23. The van der Waals surface area contributed by atoms with Crippen molar-refractivity contribution in [3.63, 3.8) is 0 Å². The summed E-state index contributed by atoms with van der Waals surface area (Å²) >= 11 is 0. The first-order valence-corrected chi connectivity index (χ1v) is 11.5. The van der Waals surface area contributed by atoms with Gasteiger partial charge in [-0.2, -0.15) is 4.31 Å². The number of nitrogens with zero attached hydrogens (tertiary/aromatic N) is 4. The maximum absolute atomic E-state index is 13.0. The number of amides is 1. The van der Waals surface area contributed by atoms with Crippen molar-refractivity contribution >= 4 is 27.0 Å². The van der Waals surface area contributed by atoms with Crippen LogP contribution in [0.15, 0.2) is 47.4 Å². The van der Waals surface area contributed by atoms with Crippen molar-refractivity contribution in [1.82, 2.24) is 18.8 Å². The molecule has 0 saturated heterocycles. The van der Waals surface area contributed by atoms with E-state index >= 15 is 0 Å². The van der Waals surface area contributed by atoms with Gasteiger partial charge in [-0.3, -0.25) is 4.79 Å². The molecule has 0 aliphatic heterocycles. The molecule has 1 amide bonds. The van der Waals surface area contributed by atoms with Crippen molar-refractivity contribution in [2.45, 2.75) is 31.8 Å². The van der Waals surface area contributed by atoms with Gasteiger partial charge < -0.3 is 14.2 Å². The van der Waals surface area contributed by atoms with Crippen LogP contribution in [0.2, 0.25) is 0 Å². The lowest BCUT2D eigenvalue weighted by Gasteiger charge is -2.18. The van der Waals surface area contributed by atoms with Gasteiger partial charge in [0.25, 0.3) is 5.91 Å². The highest BCUT2D eigenvalue weighted by Gasteiger charge is 2.23. The van der Waals surface area contributed by atoms with Gasteiger partial charge in [-0.25, -0.2) is 13.4 Å². The fourth-order valence-corrected chi connectivity index (χ4v) is 4.51. The van der Waals surface area contributed by atoms with E-state index in [4.69, 9.17) is 4.74 Å². The monoisotopic (exact) mass is 444 g/mol. The van der Waals surface area contributed by atoms with Crippen LogP contribution in [-0.2, 0) is 23.1 Å². The minimum atomic E-state index is -3.70. The van der Waals surface area contributed by atoms with Crippen LogP contribution in [0.5, 0.6) is 5.75 Å². The molecule has 9 heteroatoms. The molecular formula is C22H28N4O4S. The summed E-state index contributed by atoms with van der Waals surface area (Å²) in [7, 11) is 1.23. The van der Waals surface area contributed by atoms with Gasteiger partial charge in [0, 0.05) is 33.3 Å². The summed E-state index contributed by atoms with van der Waals surface area (Å²) in [6.07, 6.45) is 0. The summed E-state index contributed by atoms with van der Waals surface area (Å²) < 4.78 is 34.7. The second-order valence-electron chi connectivity index (χ2n) is 7.34. The Labute approximate surface area is 183 Å². The van der Waals surface area contributed by atoms with Crippen LogP contribution in [0.3, 0.4) is 0 Å². The Morgan fingerprint density at radius 2 is 1.74 bits per heavy atom. The normalized spacial score (nSPS) is 11.8. The summed E-state index contributed by atoms with van der Waals surface area (Å²) in [4.78, 5) is 18.6. The minimum absolute atomic E-state index is 0.106. The molecule has 1 aromatic heterocycles. The van der Waals surface area contributed by atoms with Gasteiger partial charge in [-0.15, -0.1) is 0 Å². The van der Waals surface area contributed by atoms with Crippen molar-refractivity contribution < 1.29 is 17.9 Å². The number of carbonyl (C=O) groups excluding carboxylic acids is 1. The molecule has 8 nitrogen and oxygen atoms in total. The molecule has 0 bridgehead atoms. The Kier molecular flexibility index (Phi) is 6.66. The predicted octanol–water partition coefficient (Wildman–Crippen LogP) is 2.98. The molecule has 0 aliphatic rings. The molecule has 0 saturated carbocycles. The summed E-state index contributed by atoms with van der Waals surface area (Å²) in [5, 5.41) is 0. The SMILES string of the molecule is CCOc1ccc(S(=O)(=O)N(C)Cc2nc3cc(C(=O)N(C)C)ccc3n2CC)cc1. The average molecular weight is 445 g/mol. The van der Waals surface area contributed by atoms with Gasteiger partial charge in [-0.1, -0.05) is 0 Å². The van der Waals surface area contributed by atoms with E-state index in [2.05, 4.69) is 4.98 Å². The number of rotatable bonds is 8. The number of hydrogen-bond acceptors (Lipinski definition) is 5. The highest BCUT2D eigenvalue weighted by molar-refractivity contribution is 7.89. The molecule has 0 unspecified atom stereocenters. The second kappa shape index (κ2) is 9.07. The number of fused-ring (bicyclic) bond motifs is 1. The quantitative estimate of drug-likeness (QED) is 0.533. The van der Waals surface area contributed by atoms with Crippen molar-refractivity contribution in [2.75, 3.05) is 27.7 Å². The Balaban J connectivity index is 1.91. The molecule has 31 heavy (non-hydrogen) atoms. The van der Waals surface area contributed by atoms with Crippen molar-refractivity contribution in [3.05, 3.63) is 53.9 Å². The minimum Gasteiger partial charge on any atom is -0.494 e. The lowest BCUT2D eigenvalue weighted by atomic mass is 10.2. The van der Waals surface area contributed by atoms with Gasteiger partial charge in [0.1, 0.15) is 11.6 Å². The number of sulfonamides is 1. The average Bonchev–Trinajstić information content (AvgIpc) is 3.09. The molecule has 166 valence electrons. The fourth-order valence-electron chi connectivity index (χ4n) is 3.38. The molecule has 0 fully saturated rings. The molecule has 3 aromatic rings. The molecule has 0 atom stereocenters. The van der Waals surface area contributed by atoms with E-state index in [0.29, 0.717) is 35.8 Å². The van der Waals surface area contributed by atoms with Gasteiger partial charge in [0.05, 0.1) is 29.1 Å². The van der Waals surface area contributed by atoms with Crippen molar-refractivity contribution in [2.24, 2.45) is 0 Å². The summed E-state index contributed by atoms with van der Waals surface area (Å²) in [5.41, 5.74) is 2.07. The zero-order chi connectivity index (χ0) is 22.8. The van der Waals surface area contributed by atoms with E-state index in [9.17, 15) is 13.2 Å². The standard InChI is InChI=1S/C22H28N4O4S/c1-6-26-20-13-8-16(22(27)24(3)4)14-19(20)23-21(26)15-25(5)31(28,29)18-11-9-17(10-12-18)30-7-2/h8-14H,6-7,15H2,1-5H3. The van der Waals surface area contributed by atoms with E-state index in [-0.39, 0.29) is 17.3 Å². The van der Waals surface area contributed by atoms with E-state index in [1.807, 2.05) is 24.5 Å². The van der Waals surface area contributed by atoms with Crippen molar-refractivity contribution in [1.29, 1.82) is 0 Å². The number of aromatic nitrogens is 2. The molecular weight excluding hydrogens is 416 g/mol. The molecule has 1 heterocycles. The van der Waals surface area contributed by atoms with E-state index in [1.54, 1.807) is 50.5 Å². The Bertz CT molecular complexity index is 1180. The number of benzene rings is 2. The Morgan fingerprint density at radius 3 is 2.32 bits per heavy atom. The van der Waals surface area contributed by atoms with Gasteiger partial charge in [0.2, 0.25) is 10.0 Å². The van der Waals surface area contributed by atoms with Crippen molar-refractivity contribution in [3.8, 4) is 5.75 Å². The fraction of sp³-hybridized carbons (Fsp3) is 0.364. The van der Waals surface area contributed by atoms with Gasteiger partial charge in [-0.05, 0) is 56.3 Å². The molecule has 0 N–H and O–H groups in total. The maximum Gasteiger partial charge on any atom is 0.253 e. The third kappa shape index (κ3) is 4.57. The second-order valence-corrected chi connectivity index (χ2v) is 9.39. The summed E-state index contributed by atoms with van der Waals surface area (Å²) in [5.74, 6) is 1.13. The van der Waals surface area contributed by atoms with Crippen LogP contribution in [0.25, 0.3) is 11.0 Å². The zero-order valence-corrected chi connectivity index (χ0v) is 19.3. The number of carbonyl (C=O) groups is 1. The first kappa shape index (κ1) is 22.8. The molecule has 2 aromatic carbocycles. The maximum atomic E-state index is 13.0. The predicted molar refractivity (Wildman–Crippen MR) is 120 cm³/mol. The Morgan fingerprint density at radius 1 is 1.06 bits per heavy atom. The van der Waals surface area contributed by atoms with Crippen LogP contribution < -0.4 is 4.74 Å². The number of imidazole rings is 1.